The van der Waals surface area contributed by atoms with Crippen LogP contribution < -0.4 is 0 Å². The van der Waals surface area contributed by atoms with E-state index in [0.717, 1.165) is 6.42 Å². The molecule has 0 heterocycles. The van der Waals surface area contributed by atoms with Crippen LogP contribution in [0.3, 0.4) is 0 Å². The predicted octanol–water partition coefficient (Wildman–Crippen LogP) is 5.26. The maximum Gasteiger partial charge on any atom is -0.0305 e. The van der Waals surface area contributed by atoms with Crippen molar-refractivity contribution in [1.82, 2.24) is 0 Å². The summed E-state index contributed by atoms with van der Waals surface area (Å²) in [5.74, 6) is 0. The third kappa shape index (κ3) is 3.69. The summed E-state index contributed by atoms with van der Waals surface area (Å²) in [7, 11) is 0. The molecule has 0 bridgehead atoms. The average Bonchev–Trinajstić information content (AvgIpc) is 2.23. The van der Waals surface area contributed by atoms with E-state index in [2.05, 4.69) is 40.7 Å². The van der Waals surface area contributed by atoms with E-state index in [-0.39, 0.29) is 0 Å². The fourth-order valence-corrected chi connectivity index (χ4v) is 2.11. The minimum absolute atomic E-state index is 1.16. The van der Waals surface area contributed by atoms with Crippen LogP contribution >= 0.6 is 0 Å². The first-order valence-electron chi connectivity index (χ1n) is 6.15. The summed E-state index contributed by atoms with van der Waals surface area (Å²) in [6.45, 7) is 11.3. The lowest BCUT2D eigenvalue weighted by Crippen LogP contribution is -1.94. The lowest BCUT2D eigenvalue weighted by Gasteiger charge is -2.14. The summed E-state index contributed by atoms with van der Waals surface area (Å²) in [5, 5.41) is 0. The van der Waals surface area contributed by atoms with Crippen molar-refractivity contribution in [2.75, 3.05) is 0 Å². The first-order chi connectivity index (χ1) is 6.74. The van der Waals surface area contributed by atoms with Crippen LogP contribution in [0.25, 0.3) is 0 Å². The fourth-order valence-electron chi connectivity index (χ4n) is 2.11. The Hall–Kier alpha value is -0.520. The van der Waals surface area contributed by atoms with Gasteiger partial charge in [0.05, 0.1) is 0 Å². The van der Waals surface area contributed by atoms with Crippen LogP contribution in [-0.4, -0.2) is 0 Å². The largest absolute Gasteiger partial charge is 0.0813 e. The van der Waals surface area contributed by atoms with Crippen LogP contribution in [0.2, 0.25) is 0 Å². The minimum atomic E-state index is 1.16. The number of hydrogen-bond acceptors (Lipinski definition) is 0. The Bertz CT molecular complexity index is 200. The molecule has 0 amide bonds. The molecule has 0 saturated carbocycles. The van der Waals surface area contributed by atoms with Gasteiger partial charge < -0.3 is 0 Å². The molecular formula is C14H26. The highest BCUT2D eigenvalue weighted by Crippen LogP contribution is 2.25. The molecule has 0 aromatic heterocycles. The Balaban J connectivity index is 5.00. The van der Waals surface area contributed by atoms with Crippen LogP contribution in [0.4, 0.5) is 0 Å². The van der Waals surface area contributed by atoms with E-state index in [1.54, 1.807) is 16.7 Å². The topological polar surface area (TPSA) is 0 Å². The Labute approximate surface area is 90.1 Å². The molecule has 0 aliphatic carbocycles. The van der Waals surface area contributed by atoms with E-state index >= 15 is 0 Å². The first kappa shape index (κ1) is 13.5. The summed E-state index contributed by atoms with van der Waals surface area (Å²) in [5.41, 5.74) is 4.85. The van der Waals surface area contributed by atoms with Crippen molar-refractivity contribution in [2.45, 2.75) is 66.7 Å². The van der Waals surface area contributed by atoms with Crippen molar-refractivity contribution < 1.29 is 0 Å². The SMILES string of the molecule is CCC=C(CC)C(CC)=C(CC)CC. The summed E-state index contributed by atoms with van der Waals surface area (Å²) in [6.07, 6.45) is 8.34. The van der Waals surface area contributed by atoms with Crippen molar-refractivity contribution >= 4 is 0 Å². The molecule has 0 nitrogen and oxygen atoms in total. The summed E-state index contributed by atoms with van der Waals surface area (Å²) < 4.78 is 0. The monoisotopic (exact) mass is 194 g/mol. The van der Waals surface area contributed by atoms with Gasteiger partial charge in [0, 0.05) is 0 Å². The lowest BCUT2D eigenvalue weighted by molar-refractivity contribution is 0.894. The molecule has 0 aliphatic rings. The van der Waals surface area contributed by atoms with Gasteiger partial charge in [0.15, 0.2) is 0 Å². The zero-order chi connectivity index (χ0) is 11.0. The van der Waals surface area contributed by atoms with Gasteiger partial charge in [0.25, 0.3) is 0 Å². The molecule has 14 heavy (non-hydrogen) atoms. The second kappa shape index (κ2) is 7.84. The van der Waals surface area contributed by atoms with Gasteiger partial charge in [-0.15, -0.1) is 0 Å². The van der Waals surface area contributed by atoms with Crippen molar-refractivity contribution in [2.24, 2.45) is 0 Å². The average molecular weight is 194 g/mol. The molecule has 0 aliphatic heterocycles. The molecule has 0 rings (SSSR count). The summed E-state index contributed by atoms with van der Waals surface area (Å²) in [4.78, 5) is 0. The van der Waals surface area contributed by atoms with Crippen LogP contribution in [-0.2, 0) is 0 Å². The van der Waals surface area contributed by atoms with Crippen LogP contribution in [0, 0.1) is 0 Å². The number of allylic oxidation sites excluding steroid dienone is 4. The molecule has 0 N–H and O–H groups in total. The quantitative estimate of drug-likeness (QED) is 0.506. The van der Waals surface area contributed by atoms with Gasteiger partial charge in [-0.1, -0.05) is 46.3 Å². The Kier molecular flexibility index (Phi) is 7.55. The highest BCUT2D eigenvalue weighted by atomic mass is 14.1. The van der Waals surface area contributed by atoms with E-state index in [9.17, 15) is 0 Å². The molecule has 0 spiro atoms. The lowest BCUT2D eigenvalue weighted by atomic mass is 9.92. The summed E-state index contributed by atoms with van der Waals surface area (Å²) in [6, 6.07) is 0. The zero-order valence-electron chi connectivity index (χ0n) is 10.6. The van der Waals surface area contributed by atoms with Crippen molar-refractivity contribution in [3.8, 4) is 0 Å². The minimum Gasteiger partial charge on any atom is -0.0813 e. The van der Waals surface area contributed by atoms with Gasteiger partial charge in [0.2, 0.25) is 0 Å². The van der Waals surface area contributed by atoms with E-state index in [4.69, 9.17) is 0 Å². The molecule has 0 radical (unpaired) electrons. The summed E-state index contributed by atoms with van der Waals surface area (Å²) >= 11 is 0. The molecule has 0 atom stereocenters. The van der Waals surface area contributed by atoms with Crippen molar-refractivity contribution in [3.05, 3.63) is 22.8 Å². The maximum absolute atomic E-state index is 2.39. The van der Waals surface area contributed by atoms with Gasteiger partial charge >= 0.3 is 0 Å². The first-order valence-corrected chi connectivity index (χ1v) is 6.15. The van der Waals surface area contributed by atoms with Crippen LogP contribution in [0.15, 0.2) is 22.8 Å². The third-order valence-electron chi connectivity index (χ3n) is 2.85. The normalized spacial score (nSPS) is 11.6. The van der Waals surface area contributed by atoms with Crippen molar-refractivity contribution in [1.29, 1.82) is 0 Å². The second-order valence-corrected chi connectivity index (χ2v) is 3.63. The smallest absolute Gasteiger partial charge is 0.0305 e. The highest BCUT2D eigenvalue weighted by molar-refractivity contribution is 5.34. The van der Waals surface area contributed by atoms with E-state index < -0.39 is 0 Å². The molecule has 0 unspecified atom stereocenters. The highest BCUT2D eigenvalue weighted by Gasteiger charge is 2.05. The van der Waals surface area contributed by atoms with E-state index in [1.807, 2.05) is 0 Å². The molecule has 0 heteroatoms. The van der Waals surface area contributed by atoms with Gasteiger partial charge in [-0.3, -0.25) is 0 Å². The zero-order valence-corrected chi connectivity index (χ0v) is 10.6. The fraction of sp³-hybridized carbons (Fsp3) is 0.714. The van der Waals surface area contributed by atoms with Crippen molar-refractivity contribution in [3.63, 3.8) is 0 Å². The number of hydrogen-bond donors (Lipinski definition) is 0. The third-order valence-corrected chi connectivity index (χ3v) is 2.85. The molecule has 0 fully saturated rings. The van der Waals surface area contributed by atoms with Crippen LogP contribution in [0.1, 0.15) is 66.7 Å². The molecular weight excluding hydrogens is 168 g/mol. The maximum atomic E-state index is 2.39. The van der Waals surface area contributed by atoms with Crippen LogP contribution in [0.5, 0.6) is 0 Å². The molecule has 0 aromatic carbocycles. The number of rotatable bonds is 6. The second-order valence-electron chi connectivity index (χ2n) is 3.63. The van der Waals surface area contributed by atoms with Gasteiger partial charge in [-0.2, -0.15) is 0 Å². The Morgan fingerprint density at radius 1 is 0.786 bits per heavy atom. The Morgan fingerprint density at radius 2 is 1.36 bits per heavy atom. The van der Waals surface area contributed by atoms with E-state index in [0.29, 0.717) is 0 Å². The Morgan fingerprint density at radius 3 is 1.64 bits per heavy atom. The predicted molar refractivity (Wildman–Crippen MR) is 66.6 cm³/mol. The molecule has 0 saturated heterocycles. The van der Waals surface area contributed by atoms with Gasteiger partial charge in [0.1, 0.15) is 0 Å². The van der Waals surface area contributed by atoms with Gasteiger partial charge in [-0.25, -0.2) is 0 Å². The standard InChI is InChI=1S/C14H26/c1-6-11-13(9-4)14(10-5)12(7-2)8-3/h11H,6-10H2,1-5H3. The van der Waals surface area contributed by atoms with Gasteiger partial charge in [-0.05, 0) is 43.3 Å². The van der Waals surface area contributed by atoms with E-state index in [1.165, 1.54) is 25.7 Å². The molecule has 82 valence electrons. The molecule has 0 aromatic rings.